The van der Waals surface area contributed by atoms with Crippen molar-refractivity contribution in [3.05, 3.63) is 57.3 Å². The van der Waals surface area contributed by atoms with Crippen LogP contribution in [0.3, 0.4) is 0 Å². The maximum atomic E-state index is 11.7. The summed E-state index contributed by atoms with van der Waals surface area (Å²) in [6.07, 6.45) is 0.313. The van der Waals surface area contributed by atoms with Gasteiger partial charge in [-0.1, -0.05) is 11.6 Å². The summed E-state index contributed by atoms with van der Waals surface area (Å²) >= 11 is 5.83. The fourth-order valence-corrected chi connectivity index (χ4v) is 2.37. The van der Waals surface area contributed by atoms with Gasteiger partial charge in [0.25, 0.3) is 0 Å². The minimum Gasteiger partial charge on any atom is -0.459 e. The molecule has 1 aliphatic rings. The largest absolute Gasteiger partial charge is 0.459 e. The van der Waals surface area contributed by atoms with E-state index in [2.05, 4.69) is 5.32 Å². The molecule has 2 atom stereocenters. The number of benzene rings is 1. The molecule has 0 spiro atoms. The van der Waals surface area contributed by atoms with Crippen molar-refractivity contribution in [3.8, 4) is 11.3 Å². The first kappa shape index (κ1) is 14.6. The Labute approximate surface area is 131 Å². The lowest BCUT2D eigenvalue weighted by Crippen LogP contribution is -2.26. The molecule has 6 nitrogen and oxygen atoms in total. The Bertz CT molecular complexity index is 711. The van der Waals surface area contributed by atoms with Gasteiger partial charge in [0.05, 0.1) is 6.54 Å². The highest BCUT2D eigenvalue weighted by Gasteiger charge is 2.53. The first-order chi connectivity index (χ1) is 10.5. The van der Waals surface area contributed by atoms with Crippen molar-refractivity contribution in [1.29, 1.82) is 0 Å². The molecule has 3 rings (SSSR count). The molecular formula is C15H13ClN2O4. The molecule has 2 aromatic rings. The molecule has 0 bridgehead atoms. The summed E-state index contributed by atoms with van der Waals surface area (Å²) in [5, 5.41) is 13.8. The Morgan fingerprint density at radius 1 is 1.32 bits per heavy atom. The topological polar surface area (TPSA) is 85.4 Å². The maximum absolute atomic E-state index is 11.7. The highest BCUT2D eigenvalue weighted by atomic mass is 35.5. The Balaban J connectivity index is 1.57. The van der Waals surface area contributed by atoms with Crippen LogP contribution in [0.2, 0.25) is 5.02 Å². The van der Waals surface area contributed by atoms with E-state index in [1.807, 2.05) is 18.2 Å². The average molecular weight is 321 g/mol. The van der Waals surface area contributed by atoms with Gasteiger partial charge in [0, 0.05) is 21.9 Å². The molecule has 2 unspecified atom stereocenters. The molecule has 1 fully saturated rings. The predicted molar refractivity (Wildman–Crippen MR) is 79.9 cm³/mol. The van der Waals surface area contributed by atoms with E-state index in [-0.39, 0.29) is 12.5 Å². The van der Waals surface area contributed by atoms with E-state index >= 15 is 0 Å². The van der Waals surface area contributed by atoms with Crippen LogP contribution in [-0.4, -0.2) is 16.9 Å². The van der Waals surface area contributed by atoms with E-state index in [1.165, 1.54) is 0 Å². The van der Waals surface area contributed by atoms with E-state index in [9.17, 15) is 14.9 Å². The minimum atomic E-state index is -0.735. The Morgan fingerprint density at radius 3 is 2.68 bits per heavy atom. The van der Waals surface area contributed by atoms with Crippen LogP contribution in [0, 0.1) is 16.0 Å². The molecule has 0 aliphatic heterocycles. The van der Waals surface area contributed by atoms with E-state index in [4.69, 9.17) is 16.0 Å². The van der Waals surface area contributed by atoms with Crippen LogP contribution in [0.1, 0.15) is 12.2 Å². The quantitative estimate of drug-likeness (QED) is 0.678. The van der Waals surface area contributed by atoms with Gasteiger partial charge in [-0.05, 0) is 36.4 Å². The number of nitrogens with one attached hydrogen (secondary N) is 1. The van der Waals surface area contributed by atoms with E-state index in [1.54, 1.807) is 18.2 Å². The van der Waals surface area contributed by atoms with Crippen molar-refractivity contribution in [2.45, 2.75) is 19.0 Å². The van der Waals surface area contributed by atoms with Gasteiger partial charge in [-0.3, -0.25) is 14.9 Å². The fraction of sp³-hybridized carbons (Fsp3) is 0.267. The lowest BCUT2D eigenvalue weighted by Gasteiger charge is -2.01. The summed E-state index contributed by atoms with van der Waals surface area (Å²) in [5.41, 5.74) is 0.887. The number of hydrogen-bond donors (Lipinski definition) is 1. The number of hydrogen-bond acceptors (Lipinski definition) is 4. The summed E-state index contributed by atoms with van der Waals surface area (Å²) in [6.45, 7) is 0.216. The summed E-state index contributed by atoms with van der Waals surface area (Å²) in [7, 11) is 0. The molecule has 1 amide bonds. The Kier molecular flexibility index (Phi) is 3.85. The van der Waals surface area contributed by atoms with Crippen LogP contribution < -0.4 is 5.32 Å². The Morgan fingerprint density at radius 2 is 2.05 bits per heavy atom. The predicted octanol–water partition coefficient (Wildman–Crippen LogP) is 2.88. The van der Waals surface area contributed by atoms with Gasteiger partial charge in [-0.25, -0.2) is 0 Å². The van der Waals surface area contributed by atoms with Crippen LogP contribution in [0.25, 0.3) is 11.3 Å². The van der Waals surface area contributed by atoms with Crippen molar-refractivity contribution in [2.75, 3.05) is 0 Å². The highest BCUT2D eigenvalue weighted by molar-refractivity contribution is 6.30. The maximum Gasteiger partial charge on any atom is 0.230 e. The van der Waals surface area contributed by atoms with Crippen LogP contribution in [0.5, 0.6) is 0 Å². The zero-order valence-electron chi connectivity index (χ0n) is 11.5. The van der Waals surface area contributed by atoms with Gasteiger partial charge >= 0.3 is 0 Å². The number of furan rings is 1. The molecule has 7 heteroatoms. The molecule has 1 saturated carbocycles. The second kappa shape index (κ2) is 5.81. The van der Waals surface area contributed by atoms with Crippen molar-refractivity contribution in [3.63, 3.8) is 0 Å². The zero-order valence-corrected chi connectivity index (χ0v) is 12.2. The molecule has 1 heterocycles. The van der Waals surface area contributed by atoms with Gasteiger partial charge in [0.2, 0.25) is 11.9 Å². The smallest absolute Gasteiger partial charge is 0.230 e. The second-order valence-corrected chi connectivity index (χ2v) is 5.62. The van der Waals surface area contributed by atoms with Crippen molar-refractivity contribution < 1.29 is 14.1 Å². The van der Waals surface area contributed by atoms with Crippen molar-refractivity contribution in [2.24, 2.45) is 5.92 Å². The third-order valence-corrected chi connectivity index (χ3v) is 3.84. The van der Waals surface area contributed by atoms with E-state index in [0.29, 0.717) is 23.0 Å². The summed E-state index contributed by atoms with van der Waals surface area (Å²) in [6, 6.07) is 10.1. The van der Waals surface area contributed by atoms with Crippen molar-refractivity contribution in [1.82, 2.24) is 5.32 Å². The molecule has 1 aromatic carbocycles. The van der Waals surface area contributed by atoms with E-state index < -0.39 is 16.9 Å². The average Bonchev–Trinajstić information content (AvgIpc) is 3.18. The number of halogens is 1. The van der Waals surface area contributed by atoms with Crippen molar-refractivity contribution >= 4 is 17.5 Å². The first-order valence-electron chi connectivity index (χ1n) is 6.80. The lowest BCUT2D eigenvalue weighted by atomic mass is 10.2. The van der Waals surface area contributed by atoms with Crippen LogP contribution >= 0.6 is 11.6 Å². The summed E-state index contributed by atoms with van der Waals surface area (Å²) in [5.74, 6) is 0.457. The minimum absolute atomic E-state index is 0.216. The highest BCUT2D eigenvalue weighted by Crippen LogP contribution is 2.33. The third kappa shape index (κ3) is 3.12. The fourth-order valence-electron chi connectivity index (χ4n) is 2.24. The summed E-state index contributed by atoms with van der Waals surface area (Å²) in [4.78, 5) is 21.9. The van der Waals surface area contributed by atoms with Gasteiger partial charge in [0.15, 0.2) is 0 Å². The van der Waals surface area contributed by atoms with E-state index in [0.717, 1.165) is 5.56 Å². The molecule has 0 saturated heterocycles. The normalized spacial score (nSPS) is 19.7. The molecule has 22 heavy (non-hydrogen) atoms. The number of amides is 1. The number of carbonyl (C=O) groups is 1. The SMILES string of the molecule is O=C(NCc1ccc(-c2ccc(Cl)cc2)o1)C1CC1[N+](=O)[O-]. The molecular weight excluding hydrogens is 308 g/mol. The number of nitrogens with zero attached hydrogens (tertiary/aromatic N) is 1. The van der Waals surface area contributed by atoms with Crippen LogP contribution in [0.4, 0.5) is 0 Å². The van der Waals surface area contributed by atoms with Gasteiger partial charge in [0.1, 0.15) is 17.4 Å². The zero-order chi connectivity index (χ0) is 15.7. The number of nitro groups is 1. The molecule has 1 aliphatic carbocycles. The number of carbonyl (C=O) groups excluding carboxylic acids is 1. The monoisotopic (exact) mass is 320 g/mol. The first-order valence-corrected chi connectivity index (χ1v) is 7.18. The summed E-state index contributed by atoms with van der Waals surface area (Å²) < 4.78 is 5.64. The van der Waals surface area contributed by atoms with Gasteiger partial charge in [-0.15, -0.1) is 0 Å². The van der Waals surface area contributed by atoms with Gasteiger partial charge in [-0.2, -0.15) is 0 Å². The number of rotatable bonds is 5. The lowest BCUT2D eigenvalue weighted by molar-refractivity contribution is -0.497. The standard InChI is InChI=1S/C15H13ClN2O4/c16-10-3-1-9(2-4-10)14-6-5-11(22-14)8-17-15(19)12-7-13(12)18(20)21/h1-6,12-13H,7-8H2,(H,17,19). The second-order valence-electron chi connectivity index (χ2n) is 5.19. The van der Waals surface area contributed by atoms with Crippen LogP contribution in [-0.2, 0) is 11.3 Å². The molecule has 0 radical (unpaired) electrons. The van der Waals surface area contributed by atoms with Crippen LogP contribution in [0.15, 0.2) is 40.8 Å². The molecule has 114 valence electrons. The van der Waals surface area contributed by atoms with Gasteiger partial charge < -0.3 is 9.73 Å². The Hall–Kier alpha value is -2.34. The molecule has 1 N–H and O–H groups in total. The molecule has 1 aromatic heterocycles. The third-order valence-electron chi connectivity index (χ3n) is 3.59.